The molecule has 0 spiro atoms. The molecule has 0 saturated heterocycles. The lowest BCUT2D eigenvalue weighted by molar-refractivity contribution is 0.104. The zero-order chi connectivity index (χ0) is 13.9. The van der Waals surface area contributed by atoms with Crippen molar-refractivity contribution in [2.45, 2.75) is 54.4 Å². The molecule has 3 aliphatic rings. The van der Waals surface area contributed by atoms with Gasteiger partial charge in [0.15, 0.2) is 0 Å². The van der Waals surface area contributed by atoms with Gasteiger partial charge in [-0.05, 0) is 67.9 Å². The van der Waals surface area contributed by atoms with Crippen LogP contribution in [0.5, 0.6) is 0 Å². The third-order valence-electron chi connectivity index (χ3n) is 6.45. The summed E-state index contributed by atoms with van der Waals surface area (Å²) in [6, 6.07) is 0. The largest absolute Gasteiger partial charge is 0.467 e. The van der Waals surface area contributed by atoms with E-state index >= 15 is 0 Å². The Kier molecular flexibility index (Phi) is 3.07. The molecule has 1 heteroatoms. The standard InChI is InChI=1S/C18H28O/c1-9-7-8-15-11(3)17-10(2)13(5)19-14(6)18(17)12(4)16(9)15/h9,11-12,15-17H,7-8H2,1-6H3. The Morgan fingerprint density at radius 3 is 2.32 bits per heavy atom. The first-order valence-corrected chi connectivity index (χ1v) is 7.99. The molecular weight excluding hydrogens is 232 g/mol. The minimum absolute atomic E-state index is 0.648. The van der Waals surface area contributed by atoms with E-state index in [1.807, 2.05) is 0 Å². The summed E-state index contributed by atoms with van der Waals surface area (Å²) in [7, 11) is 0. The SMILES string of the molecule is CC1=C(C)C2C(=C(C)O1)C(C)C1C(C)CCC1C2C. The first kappa shape index (κ1) is 13.3. The van der Waals surface area contributed by atoms with Crippen LogP contribution in [0.3, 0.4) is 0 Å². The highest BCUT2D eigenvalue weighted by Gasteiger charge is 2.50. The Bertz CT molecular complexity index is 456. The Morgan fingerprint density at radius 1 is 0.947 bits per heavy atom. The maximum absolute atomic E-state index is 6.03. The zero-order valence-electron chi connectivity index (χ0n) is 13.3. The molecule has 6 unspecified atom stereocenters. The van der Waals surface area contributed by atoms with Gasteiger partial charge in [0.2, 0.25) is 0 Å². The van der Waals surface area contributed by atoms with Crippen molar-refractivity contribution in [3.63, 3.8) is 0 Å². The number of rotatable bonds is 0. The topological polar surface area (TPSA) is 9.23 Å². The Morgan fingerprint density at radius 2 is 1.63 bits per heavy atom. The molecule has 0 bridgehead atoms. The lowest BCUT2D eigenvalue weighted by Gasteiger charge is -2.48. The van der Waals surface area contributed by atoms with E-state index in [1.54, 1.807) is 5.57 Å². The van der Waals surface area contributed by atoms with Crippen LogP contribution in [-0.4, -0.2) is 0 Å². The predicted molar refractivity (Wildman–Crippen MR) is 79.4 cm³/mol. The summed E-state index contributed by atoms with van der Waals surface area (Å²) in [5.74, 6) is 7.17. The number of fused-ring (bicyclic) bond motifs is 2. The summed E-state index contributed by atoms with van der Waals surface area (Å²) in [4.78, 5) is 0. The molecule has 0 aromatic carbocycles. The molecular formula is C18H28O. The van der Waals surface area contributed by atoms with Gasteiger partial charge in [-0.15, -0.1) is 0 Å². The molecule has 0 radical (unpaired) electrons. The normalized spacial score (nSPS) is 46.0. The second kappa shape index (κ2) is 4.40. The quantitative estimate of drug-likeness (QED) is 0.585. The van der Waals surface area contributed by atoms with Crippen LogP contribution in [0.2, 0.25) is 0 Å². The van der Waals surface area contributed by atoms with Crippen LogP contribution in [0.4, 0.5) is 0 Å². The van der Waals surface area contributed by atoms with Gasteiger partial charge in [-0.25, -0.2) is 0 Å². The fraction of sp³-hybridized carbons (Fsp3) is 0.778. The minimum Gasteiger partial charge on any atom is -0.467 e. The van der Waals surface area contributed by atoms with Gasteiger partial charge >= 0.3 is 0 Å². The van der Waals surface area contributed by atoms with Crippen molar-refractivity contribution < 1.29 is 4.74 Å². The molecule has 0 aromatic heterocycles. The van der Waals surface area contributed by atoms with Crippen LogP contribution >= 0.6 is 0 Å². The van der Waals surface area contributed by atoms with Gasteiger partial charge in [-0.3, -0.25) is 0 Å². The summed E-state index contributed by atoms with van der Waals surface area (Å²) < 4.78 is 6.03. The lowest BCUT2D eigenvalue weighted by atomic mass is 9.58. The highest BCUT2D eigenvalue weighted by atomic mass is 16.5. The molecule has 0 aromatic rings. The summed E-state index contributed by atoms with van der Waals surface area (Å²) in [6.45, 7) is 14.0. The average molecular weight is 260 g/mol. The smallest absolute Gasteiger partial charge is 0.101 e. The van der Waals surface area contributed by atoms with E-state index in [0.29, 0.717) is 11.8 Å². The van der Waals surface area contributed by atoms with E-state index in [9.17, 15) is 0 Å². The van der Waals surface area contributed by atoms with Crippen LogP contribution in [0, 0.1) is 35.5 Å². The molecule has 0 amide bonds. The Hall–Kier alpha value is -0.720. The van der Waals surface area contributed by atoms with Gasteiger partial charge in [0.25, 0.3) is 0 Å². The van der Waals surface area contributed by atoms with E-state index in [2.05, 4.69) is 41.5 Å². The Balaban J connectivity index is 2.07. The summed E-state index contributed by atoms with van der Waals surface area (Å²) in [6.07, 6.45) is 2.86. The van der Waals surface area contributed by atoms with Crippen molar-refractivity contribution in [1.82, 2.24) is 0 Å². The van der Waals surface area contributed by atoms with Crippen LogP contribution in [0.1, 0.15) is 54.4 Å². The molecule has 3 rings (SSSR count). The van der Waals surface area contributed by atoms with Crippen molar-refractivity contribution in [3.05, 3.63) is 22.7 Å². The fourth-order valence-corrected chi connectivity index (χ4v) is 5.52. The van der Waals surface area contributed by atoms with Crippen LogP contribution in [0.15, 0.2) is 22.7 Å². The van der Waals surface area contributed by atoms with Crippen LogP contribution in [0.25, 0.3) is 0 Å². The van der Waals surface area contributed by atoms with E-state index < -0.39 is 0 Å². The van der Waals surface area contributed by atoms with Gasteiger partial charge < -0.3 is 4.74 Å². The monoisotopic (exact) mass is 260 g/mol. The van der Waals surface area contributed by atoms with Crippen molar-refractivity contribution >= 4 is 0 Å². The number of hydrogen-bond donors (Lipinski definition) is 0. The van der Waals surface area contributed by atoms with Gasteiger partial charge in [0.1, 0.15) is 5.76 Å². The molecule has 1 aliphatic heterocycles. The second-order valence-electron chi connectivity index (χ2n) is 7.27. The van der Waals surface area contributed by atoms with E-state index in [-0.39, 0.29) is 0 Å². The highest BCUT2D eigenvalue weighted by molar-refractivity contribution is 5.34. The van der Waals surface area contributed by atoms with Gasteiger partial charge in [-0.2, -0.15) is 0 Å². The van der Waals surface area contributed by atoms with E-state index in [1.165, 1.54) is 24.2 Å². The van der Waals surface area contributed by atoms with Crippen molar-refractivity contribution in [1.29, 1.82) is 0 Å². The number of allylic oxidation sites excluding steroid dienone is 4. The van der Waals surface area contributed by atoms with Crippen molar-refractivity contribution in [3.8, 4) is 0 Å². The lowest BCUT2D eigenvalue weighted by Crippen LogP contribution is -2.41. The maximum Gasteiger partial charge on any atom is 0.101 e. The zero-order valence-corrected chi connectivity index (χ0v) is 13.3. The molecule has 2 fully saturated rings. The number of ether oxygens (including phenoxy) is 1. The maximum atomic E-state index is 6.03. The van der Waals surface area contributed by atoms with Gasteiger partial charge in [-0.1, -0.05) is 27.2 Å². The molecule has 106 valence electrons. The molecule has 1 nitrogen and oxygen atoms in total. The fourth-order valence-electron chi connectivity index (χ4n) is 5.52. The first-order chi connectivity index (χ1) is 8.93. The molecule has 2 aliphatic carbocycles. The predicted octanol–water partition coefficient (Wildman–Crippen LogP) is 5.15. The summed E-state index contributed by atoms with van der Waals surface area (Å²) in [5, 5.41) is 0. The number of hydrogen-bond acceptors (Lipinski definition) is 1. The highest BCUT2D eigenvalue weighted by Crippen LogP contribution is 2.58. The molecule has 6 atom stereocenters. The summed E-state index contributed by atoms with van der Waals surface area (Å²) >= 11 is 0. The van der Waals surface area contributed by atoms with Crippen LogP contribution in [-0.2, 0) is 4.74 Å². The van der Waals surface area contributed by atoms with Gasteiger partial charge in [0, 0.05) is 5.92 Å². The summed E-state index contributed by atoms with van der Waals surface area (Å²) in [5.41, 5.74) is 3.10. The first-order valence-electron chi connectivity index (χ1n) is 7.99. The third kappa shape index (κ3) is 1.73. The van der Waals surface area contributed by atoms with Gasteiger partial charge in [0.05, 0.1) is 5.76 Å². The molecule has 1 heterocycles. The molecule has 0 N–H and O–H groups in total. The van der Waals surface area contributed by atoms with Crippen molar-refractivity contribution in [2.24, 2.45) is 35.5 Å². The van der Waals surface area contributed by atoms with E-state index in [4.69, 9.17) is 4.74 Å². The molecule has 19 heavy (non-hydrogen) atoms. The molecule has 2 saturated carbocycles. The average Bonchev–Trinajstić information content (AvgIpc) is 2.73. The Labute approximate surface area is 118 Å². The van der Waals surface area contributed by atoms with Crippen molar-refractivity contribution in [2.75, 3.05) is 0 Å². The second-order valence-corrected chi connectivity index (χ2v) is 7.27. The third-order valence-corrected chi connectivity index (χ3v) is 6.45. The minimum atomic E-state index is 0.648. The van der Waals surface area contributed by atoms with E-state index in [0.717, 1.165) is 29.4 Å². The van der Waals surface area contributed by atoms with Crippen LogP contribution < -0.4 is 0 Å².